The van der Waals surface area contributed by atoms with E-state index in [1.165, 1.54) is 11.8 Å². The molecule has 0 aliphatic rings. The summed E-state index contributed by atoms with van der Waals surface area (Å²) in [6.45, 7) is 2.55. The fourth-order valence-electron chi connectivity index (χ4n) is 2.14. The average molecular weight is 434 g/mol. The summed E-state index contributed by atoms with van der Waals surface area (Å²) in [5.74, 6) is 1.23. The molecule has 0 radical (unpaired) electrons. The van der Waals surface area contributed by atoms with Gasteiger partial charge in [-0.3, -0.25) is 4.79 Å². The van der Waals surface area contributed by atoms with E-state index in [-0.39, 0.29) is 11.7 Å². The van der Waals surface area contributed by atoms with Gasteiger partial charge in [0.25, 0.3) is 5.22 Å². The van der Waals surface area contributed by atoms with Gasteiger partial charge in [-0.05, 0) is 49.4 Å². The molecule has 0 aliphatic carbocycles. The first kappa shape index (κ1) is 18.5. The zero-order chi connectivity index (χ0) is 18.4. The number of aromatic nitrogens is 2. The van der Waals surface area contributed by atoms with Gasteiger partial charge in [-0.15, -0.1) is 10.2 Å². The molecule has 0 aliphatic heterocycles. The van der Waals surface area contributed by atoms with E-state index in [2.05, 4.69) is 31.4 Å². The van der Waals surface area contributed by atoms with Gasteiger partial charge in [0, 0.05) is 15.7 Å². The number of hydrogen-bond acceptors (Lipinski definition) is 6. The van der Waals surface area contributed by atoms with Crippen molar-refractivity contribution in [2.75, 3.05) is 17.7 Å². The maximum absolute atomic E-state index is 12.0. The van der Waals surface area contributed by atoms with Crippen molar-refractivity contribution in [2.45, 2.75) is 12.1 Å². The highest BCUT2D eigenvalue weighted by Gasteiger charge is 2.11. The topological polar surface area (TPSA) is 77.2 Å². The third-order valence-electron chi connectivity index (χ3n) is 3.25. The number of nitrogens with one attached hydrogen (secondary N) is 1. The van der Waals surface area contributed by atoms with Gasteiger partial charge in [-0.1, -0.05) is 33.8 Å². The van der Waals surface area contributed by atoms with E-state index in [4.69, 9.17) is 9.15 Å². The predicted molar refractivity (Wildman–Crippen MR) is 104 cm³/mol. The quantitative estimate of drug-likeness (QED) is 0.547. The molecule has 1 aromatic heterocycles. The summed E-state index contributed by atoms with van der Waals surface area (Å²) >= 11 is 4.56. The maximum Gasteiger partial charge on any atom is 0.277 e. The molecule has 0 fully saturated rings. The lowest BCUT2D eigenvalue weighted by atomic mass is 10.2. The van der Waals surface area contributed by atoms with Crippen molar-refractivity contribution < 1.29 is 13.9 Å². The third kappa shape index (κ3) is 5.09. The van der Waals surface area contributed by atoms with Crippen LogP contribution in [0.1, 0.15) is 6.92 Å². The van der Waals surface area contributed by atoms with E-state index in [1.54, 1.807) is 0 Å². The molecule has 1 N–H and O–H groups in total. The van der Waals surface area contributed by atoms with Gasteiger partial charge in [0.15, 0.2) is 0 Å². The lowest BCUT2D eigenvalue weighted by Gasteiger charge is -2.04. The average Bonchev–Trinajstić information content (AvgIpc) is 3.10. The summed E-state index contributed by atoms with van der Waals surface area (Å²) in [5.41, 5.74) is 1.52. The molecule has 0 bridgehead atoms. The zero-order valence-electron chi connectivity index (χ0n) is 13.9. The largest absolute Gasteiger partial charge is 0.494 e. The Morgan fingerprint density at radius 3 is 2.77 bits per heavy atom. The number of anilines is 1. The molecule has 0 saturated carbocycles. The molecule has 0 unspecified atom stereocenters. The molecule has 3 aromatic rings. The van der Waals surface area contributed by atoms with Crippen molar-refractivity contribution in [1.29, 1.82) is 0 Å². The van der Waals surface area contributed by atoms with Crippen LogP contribution in [-0.2, 0) is 4.79 Å². The molecule has 0 saturated heterocycles. The van der Waals surface area contributed by atoms with Gasteiger partial charge in [-0.2, -0.15) is 0 Å². The van der Waals surface area contributed by atoms with Gasteiger partial charge >= 0.3 is 0 Å². The summed E-state index contributed by atoms with van der Waals surface area (Å²) < 4.78 is 11.9. The number of hydrogen-bond donors (Lipinski definition) is 1. The smallest absolute Gasteiger partial charge is 0.277 e. The minimum atomic E-state index is -0.145. The molecule has 3 rings (SSSR count). The van der Waals surface area contributed by atoms with E-state index in [1.807, 2.05) is 55.5 Å². The number of ether oxygens (including phenoxy) is 1. The molecule has 1 heterocycles. The van der Waals surface area contributed by atoms with E-state index in [0.29, 0.717) is 17.7 Å². The Morgan fingerprint density at radius 2 is 2.04 bits per heavy atom. The van der Waals surface area contributed by atoms with Crippen LogP contribution in [0.5, 0.6) is 5.75 Å². The van der Waals surface area contributed by atoms with Crippen molar-refractivity contribution >= 4 is 39.3 Å². The summed E-state index contributed by atoms with van der Waals surface area (Å²) in [6.07, 6.45) is 0. The van der Waals surface area contributed by atoms with E-state index >= 15 is 0 Å². The Hall–Kier alpha value is -2.32. The number of thioether (sulfide) groups is 1. The first-order valence-electron chi connectivity index (χ1n) is 7.89. The first-order valence-corrected chi connectivity index (χ1v) is 9.67. The van der Waals surface area contributed by atoms with Crippen molar-refractivity contribution in [2.24, 2.45) is 0 Å². The highest BCUT2D eigenvalue weighted by Crippen LogP contribution is 2.25. The highest BCUT2D eigenvalue weighted by molar-refractivity contribution is 9.10. The van der Waals surface area contributed by atoms with Gasteiger partial charge in [0.05, 0.1) is 12.4 Å². The number of carbonyl (C=O) groups excluding carboxylic acids is 1. The van der Waals surface area contributed by atoms with Crippen LogP contribution in [0.15, 0.2) is 62.6 Å². The molecule has 0 spiro atoms. The molecule has 134 valence electrons. The van der Waals surface area contributed by atoms with Crippen LogP contribution in [0.4, 0.5) is 5.69 Å². The minimum absolute atomic E-state index is 0.145. The number of nitrogens with zero attached hydrogens (tertiary/aromatic N) is 2. The lowest BCUT2D eigenvalue weighted by molar-refractivity contribution is -0.113. The second kappa shape index (κ2) is 8.86. The van der Waals surface area contributed by atoms with E-state index < -0.39 is 0 Å². The first-order chi connectivity index (χ1) is 12.6. The maximum atomic E-state index is 12.0. The Morgan fingerprint density at radius 1 is 1.23 bits per heavy atom. The fraction of sp³-hybridized carbons (Fsp3) is 0.167. The van der Waals surface area contributed by atoms with Crippen LogP contribution in [-0.4, -0.2) is 28.5 Å². The zero-order valence-corrected chi connectivity index (χ0v) is 16.3. The van der Waals surface area contributed by atoms with Crippen LogP contribution in [0.2, 0.25) is 0 Å². The second-order valence-electron chi connectivity index (χ2n) is 5.18. The van der Waals surface area contributed by atoms with Crippen molar-refractivity contribution in [3.8, 4) is 17.2 Å². The summed E-state index contributed by atoms with van der Waals surface area (Å²) in [7, 11) is 0. The standard InChI is InChI=1S/C18H16BrN3O3S/c1-2-24-15-8-6-12(7-9-15)17-21-22-18(25-17)26-11-16(23)20-14-5-3-4-13(19)10-14/h3-10H,2,11H2,1H3,(H,20,23). The molecule has 2 aromatic carbocycles. The van der Waals surface area contributed by atoms with Crippen LogP contribution in [0.25, 0.3) is 11.5 Å². The SMILES string of the molecule is CCOc1ccc(-c2nnc(SCC(=O)Nc3cccc(Br)c3)o2)cc1. The molecule has 0 atom stereocenters. The van der Waals surface area contributed by atoms with Gasteiger partial charge in [-0.25, -0.2) is 0 Å². The summed E-state index contributed by atoms with van der Waals surface area (Å²) in [5, 5.41) is 11.2. The molecule has 1 amide bonds. The monoisotopic (exact) mass is 433 g/mol. The molecule has 26 heavy (non-hydrogen) atoms. The van der Waals surface area contributed by atoms with Gasteiger partial charge in [0.2, 0.25) is 11.8 Å². The number of amides is 1. The Kier molecular flexibility index (Phi) is 6.30. The molecule has 8 heteroatoms. The van der Waals surface area contributed by atoms with Gasteiger partial charge < -0.3 is 14.5 Å². The molecule has 6 nitrogen and oxygen atoms in total. The predicted octanol–water partition coefficient (Wildman–Crippen LogP) is 4.63. The molecular weight excluding hydrogens is 418 g/mol. The Balaban J connectivity index is 1.55. The van der Waals surface area contributed by atoms with E-state index in [9.17, 15) is 4.79 Å². The van der Waals surface area contributed by atoms with Gasteiger partial charge in [0.1, 0.15) is 5.75 Å². The number of benzene rings is 2. The van der Waals surface area contributed by atoms with E-state index in [0.717, 1.165) is 21.5 Å². The summed E-state index contributed by atoms with van der Waals surface area (Å²) in [4.78, 5) is 12.0. The number of carbonyl (C=O) groups is 1. The van der Waals surface area contributed by atoms with Crippen molar-refractivity contribution in [1.82, 2.24) is 10.2 Å². The Labute approximate surface area is 163 Å². The van der Waals surface area contributed by atoms with Crippen LogP contribution < -0.4 is 10.1 Å². The normalized spacial score (nSPS) is 10.5. The minimum Gasteiger partial charge on any atom is -0.494 e. The highest BCUT2D eigenvalue weighted by atomic mass is 79.9. The van der Waals surface area contributed by atoms with Crippen molar-refractivity contribution in [3.63, 3.8) is 0 Å². The summed E-state index contributed by atoms with van der Waals surface area (Å²) in [6, 6.07) is 14.8. The number of rotatable bonds is 7. The van der Waals surface area contributed by atoms with Crippen LogP contribution >= 0.6 is 27.7 Å². The lowest BCUT2D eigenvalue weighted by Crippen LogP contribution is -2.13. The van der Waals surface area contributed by atoms with Crippen molar-refractivity contribution in [3.05, 3.63) is 53.0 Å². The second-order valence-corrected chi connectivity index (χ2v) is 7.02. The number of halogens is 1. The molecular formula is C18H16BrN3O3S. The Bertz CT molecular complexity index is 883. The third-order valence-corrected chi connectivity index (χ3v) is 4.57. The van der Waals surface area contributed by atoms with Crippen LogP contribution in [0.3, 0.4) is 0 Å². The van der Waals surface area contributed by atoms with Crippen LogP contribution in [0, 0.1) is 0 Å². The fourth-order valence-corrected chi connectivity index (χ4v) is 3.10.